The summed E-state index contributed by atoms with van der Waals surface area (Å²) in [5.74, 6) is 1.53. The number of nitrogens with zero attached hydrogens (tertiary/aromatic N) is 4. The van der Waals surface area contributed by atoms with Crippen molar-refractivity contribution < 1.29 is 12.3 Å². The van der Waals surface area contributed by atoms with E-state index in [0.29, 0.717) is 45.0 Å². The Morgan fingerprint density at radius 3 is 1.51 bits per heavy atom. The van der Waals surface area contributed by atoms with Gasteiger partial charge in [0.1, 0.15) is 0 Å². The van der Waals surface area contributed by atoms with Gasteiger partial charge in [-0.05, 0) is 46.0 Å². The lowest BCUT2D eigenvalue weighted by Gasteiger charge is -2.15. The van der Waals surface area contributed by atoms with Crippen molar-refractivity contribution in [3.63, 3.8) is 0 Å². The summed E-state index contributed by atoms with van der Waals surface area (Å²) in [6.07, 6.45) is 0. The summed E-state index contributed by atoms with van der Waals surface area (Å²) < 4.78 is 79.4. The quantitative estimate of drug-likeness (QED) is 0.165. The molecule has 10 aromatic rings. The van der Waals surface area contributed by atoms with Gasteiger partial charge in [0.05, 0.1) is 29.1 Å². The monoisotopic (exact) mass is 711 g/mol. The van der Waals surface area contributed by atoms with Crippen molar-refractivity contribution in [2.75, 3.05) is 0 Å². The van der Waals surface area contributed by atoms with Gasteiger partial charge >= 0.3 is 0 Å². The van der Waals surface area contributed by atoms with E-state index in [1.54, 1.807) is 22.8 Å². The molecule has 0 N–H and O–H groups in total. The highest BCUT2D eigenvalue weighted by Gasteiger charge is 2.17. The van der Waals surface area contributed by atoms with Crippen LogP contribution in [0.1, 0.15) is 12.3 Å². The van der Waals surface area contributed by atoms with E-state index in [1.165, 1.54) is 0 Å². The molecule has 8 aromatic carbocycles. The van der Waals surface area contributed by atoms with Crippen LogP contribution < -0.4 is 0 Å². The lowest BCUT2D eigenvalue weighted by atomic mass is 10.0. The Morgan fingerprint density at radius 1 is 0.345 bits per heavy atom. The smallest absolute Gasteiger partial charge is 0.164 e. The fraction of sp³-hybridized carbons (Fsp3) is 0. The molecule has 0 bridgehead atoms. The van der Waals surface area contributed by atoms with Gasteiger partial charge in [0.2, 0.25) is 0 Å². The van der Waals surface area contributed by atoms with Crippen LogP contribution in [0.15, 0.2) is 206 Å². The van der Waals surface area contributed by atoms with E-state index in [1.807, 2.05) is 109 Å². The third-order valence-electron chi connectivity index (χ3n) is 9.70. The minimum Gasteiger partial charge on any atom is -0.309 e. The Bertz CT molecular complexity index is 3440. The molecule has 258 valence electrons. The van der Waals surface area contributed by atoms with E-state index < -0.39 is 24.2 Å². The Labute approximate surface area is 332 Å². The molecule has 0 saturated carbocycles. The molecule has 0 saturated heterocycles. The molecule has 0 amide bonds. The van der Waals surface area contributed by atoms with Crippen LogP contribution in [-0.4, -0.2) is 19.5 Å². The maximum atomic E-state index is 9.16. The Hall–Kier alpha value is -7.43. The van der Waals surface area contributed by atoms with Crippen LogP contribution >= 0.6 is 0 Å². The molecular weight excluding hydrogens is 669 g/mol. The molecule has 2 heterocycles. The average molecular weight is 712 g/mol. The first-order valence-corrected chi connectivity index (χ1v) is 17.8. The highest BCUT2D eigenvalue weighted by Crippen LogP contribution is 2.38. The van der Waals surface area contributed by atoms with E-state index in [-0.39, 0.29) is 41.3 Å². The molecule has 2 aromatic heterocycles. The first-order chi connectivity index (χ1) is 31.0. The molecule has 10 rings (SSSR count). The fourth-order valence-corrected chi connectivity index (χ4v) is 7.02. The van der Waals surface area contributed by atoms with Crippen molar-refractivity contribution in [3.05, 3.63) is 206 Å². The molecule has 0 aliphatic heterocycles. The average Bonchev–Trinajstić information content (AvgIpc) is 3.69. The van der Waals surface area contributed by atoms with Crippen LogP contribution in [0.2, 0.25) is 0 Å². The lowest BCUT2D eigenvalue weighted by Crippen LogP contribution is -2.00. The van der Waals surface area contributed by atoms with Gasteiger partial charge in [-0.1, -0.05) is 188 Å². The van der Waals surface area contributed by atoms with E-state index in [2.05, 4.69) is 24.3 Å². The van der Waals surface area contributed by atoms with Gasteiger partial charge in [0, 0.05) is 33.0 Å². The Balaban J connectivity index is 1.12. The van der Waals surface area contributed by atoms with Crippen LogP contribution in [0.5, 0.6) is 0 Å². The summed E-state index contributed by atoms with van der Waals surface area (Å²) in [5.41, 5.74) is 7.82. The first-order valence-electron chi connectivity index (χ1n) is 22.3. The van der Waals surface area contributed by atoms with E-state index in [0.717, 1.165) is 38.9 Å². The topological polar surface area (TPSA) is 43.6 Å². The summed E-state index contributed by atoms with van der Waals surface area (Å²) in [5, 5.41) is 0.811. The highest BCUT2D eigenvalue weighted by atomic mass is 15.0. The first kappa shape index (κ1) is 24.0. The molecule has 0 radical (unpaired) electrons. The van der Waals surface area contributed by atoms with Crippen molar-refractivity contribution in [1.82, 2.24) is 19.5 Å². The number of benzene rings is 8. The number of hydrogen-bond acceptors (Lipinski definition) is 3. The Morgan fingerprint density at radius 2 is 0.836 bits per heavy atom. The molecule has 55 heavy (non-hydrogen) atoms. The number of hydrogen-bond donors (Lipinski definition) is 0. The third-order valence-corrected chi connectivity index (χ3v) is 9.70. The number of aromatic nitrogens is 4. The fourth-order valence-electron chi connectivity index (χ4n) is 7.02. The minimum absolute atomic E-state index is 0.00856. The van der Waals surface area contributed by atoms with Crippen molar-refractivity contribution in [3.8, 4) is 73.2 Å². The van der Waals surface area contributed by atoms with E-state index in [9.17, 15) is 0 Å². The normalized spacial score (nSPS) is 13.6. The molecule has 0 aliphatic carbocycles. The molecule has 0 unspecified atom stereocenters. The highest BCUT2D eigenvalue weighted by molar-refractivity contribution is 6.10. The molecule has 0 spiro atoms. The van der Waals surface area contributed by atoms with Gasteiger partial charge < -0.3 is 4.57 Å². The zero-order valence-corrected chi connectivity index (χ0v) is 29.2. The number of rotatable bonds is 7. The second kappa shape index (κ2) is 13.8. The van der Waals surface area contributed by atoms with E-state index in [4.69, 9.17) is 27.3 Å². The predicted molar refractivity (Wildman–Crippen MR) is 227 cm³/mol. The van der Waals surface area contributed by atoms with Gasteiger partial charge in [-0.3, -0.25) is 0 Å². The van der Waals surface area contributed by atoms with Crippen LogP contribution in [0.4, 0.5) is 0 Å². The van der Waals surface area contributed by atoms with E-state index >= 15 is 0 Å². The maximum absolute atomic E-state index is 9.16. The molecule has 0 fully saturated rings. The lowest BCUT2D eigenvalue weighted by molar-refractivity contribution is 1.07. The summed E-state index contributed by atoms with van der Waals surface area (Å²) in [6.45, 7) is 0. The molecule has 0 aliphatic rings. The van der Waals surface area contributed by atoms with Crippen LogP contribution in [0, 0.1) is 0 Å². The van der Waals surface area contributed by atoms with Gasteiger partial charge in [0.15, 0.2) is 17.5 Å². The summed E-state index contributed by atoms with van der Waals surface area (Å²) >= 11 is 0. The zero-order valence-electron chi connectivity index (χ0n) is 38.2. The van der Waals surface area contributed by atoms with Crippen molar-refractivity contribution in [2.24, 2.45) is 0 Å². The SMILES string of the molecule is [2H]c1c([2H])c([2H])c(-c2ccc3c4c([2H])c([2H])c([2H])c([2H])c4n(-c4ccccc4-c4ccc(-c5nc(-c6ccccc6)nc(-c6ccc(-c7ccccc7)cc6)n5)cc4)c3c2)c([2H])c1[2H]. The molecule has 0 atom stereocenters. The van der Waals surface area contributed by atoms with Gasteiger partial charge in [0.25, 0.3) is 0 Å². The standard InChI is InChI=1S/C51H34N4/c1-4-14-35(15-5-1)37-24-28-40(29-25-37)50-52-49(39-18-8-3-9-19-39)53-51(54-50)41-30-26-38(27-31-41)43-20-10-12-22-46(43)55-47-23-13-11-21-44(47)45-33-32-42(34-48(45)55)36-16-6-2-7-17-36/h1-34H/i2D,6D,7D,11D,13D,16D,17D,21D,23D. The summed E-state index contributed by atoms with van der Waals surface area (Å²) in [7, 11) is 0. The van der Waals surface area contributed by atoms with Gasteiger partial charge in [-0.2, -0.15) is 0 Å². The molecule has 4 nitrogen and oxygen atoms in total. The maximum Gasteiger partial charge on any atom is 0.164 e. The second-order valence-corrected chi connectivity index (χ2v) is 13.0. The Kier molecular flexibility index (Phi) is 6.04. The molecule has 4 heteroatoms. The van der Waals surface area contributed by atoms with Gasteiger partial charge in [-0.15, -0.1) is 0 Å². The predicted octanol–water partition coefficient (Wildman–Crippen LogP) is 13.0. The minimum atomic E-state index is -0.501. The van der Waals surface area contributed by atoms with Gasteiger partial charge in [-0.25, -0.2) is 15.0 Å². The molecular formula is C51H34N4. The number of para-hydroxylation sites is 2. The van der Waals surface area contributed by atoms with Crippen molar-refractivity contribution in [2.45, 2.75) is 0 Å². The largest absolute Gasteiger partial charge is 0.309 e. The van der Waals surface area contributed by atoms with Crippen molar-refractivity contribution in [1.29, 1.82) is 0 Å². The summed E-state index contributed by atoms with van der Waals surface area (Å²) in [4.78, 5) is 14.8. The van der Waals surface area contributed by atoms with Crippen molar-refractivity contribution >= 4 is 21.8 Å². The third kappa shape index (κ3) is 6.06. The second-order valence-electron chi connectivity index (χ2n) is 13.0. The number of fused-ring (bicyclic) bond motifs is 3. The summed E-state index contributed by atoms with van der Waals surface area (Å²) in [6, 6.07) is 45.0. The van der Waals surface area contributed by atoms with Crippen LogP contribution in [0.3, 0.4) is 0 Å². The zero-order chi connectivity index (χ0) is 44.4. The van der Waals surface area contributed by atoms with Crippen LogP contribution in [-0.2, 0) is 0 Å². The van der Waals surface area contributed by atoms with Crippen LogP contribution in [0.25, 0.3) is 95.0 Å².